The summed E-state index contributed by atoms with van der Waals surface area (Å²) < 4.78 is 100. The predicted octanol–water partition coefficient (Wildman–Crippen LogP) is 6.52. The van der Waals surface area contributed by atoms with Gasteiger partial charge in [0.2, 0.25) is 21.7 Å². The van der Waals surface area contributed by atoms with Gasteiger partial charge in [-0.25, -0.2) is 35.1 Å². The van der Waals surface area contributed by atoms with E-state index in [-0.39, 0.29) is 19.5 Å². The number of anilines is 1. The number of nitrogens with zero attached hydrogens (tertiary/aromatic N) is 7. The van der Waals surface area contributed by atoms with E-state index >= 15 is 0 Å². The van der Waals surface area contributed by atoms with Gasteiger partial charge in [-0.15, -0.1) is 5.10 Å². The third-order valence-corrected chi connectivity index (χ3v) is 11.6. The van der Waals surface area contributed by atoms with Gasteiger partial charge in [0.25, 0.3) is 0 Å². The third kappa shape index (κ3) is 6.67. The molecule has 5 aromatic rings. The Bertz CT molecular complexity index is 2170. The van der Waals surface area contributed by atoms with Crippen LogP contribution < -0.4 is 4.90 Å². The van der Waals surface area contributed by atoms with Crippen molar-refractivity contribution in [2.75, 3.05) is 11.4 Å². The zero-order valence-corrected chi connectivity index (χ0v) is 28.4. The summed E-state index contributed by atoms with van der Waals surface area (Å²) in [5, 5.41) is 12.1. The number of tetrazole rings is 1. The van der Waals surface area contributed by atoms with Crippen LogP contribution in [0.15, 0.2) is 77.8 Å². The molecule has 16 heteroatoms. The summed E-state index contributed by atoms with van der Waals surface area (Å²) in [6, 6.07) is 18.4. The first-order chi connectivity index (χ1) is 25.0. The van der Waals surface area contributed by atoms with Crippen LogP contribution in [0.25, 0.3) is 11.4 Å². The number of pyridine rings is 1. The van der Waals surface area contributed by atoms with Crippen LogP contribution in [-0.4, -0.2) is 56.4 Å². The number of hydrogen-bond donors (Lipinski definition) is 0. The van der Waals surface area contributed by atoms with Crippen LogP contribution in [-0.2, 0) is 27.9 Å². The van der Waals surface area contributed by atoms with E-state index < -0.39 is 56.0 Å². The Morgan fingerprint density at radius 2 is 1.48 bits per heavy atom. The minimum Gasteiger partial charge on any atom is -0.305 e. The Morgan fingerprint density at radius 3 is 2.10 bits per heavy atom. The fourth-order valence-electron chi connectivity index (χ4n) is 6.74. The molecule has 10 nitrogen and oxygen atoms in total. The second-order valence-electron chi connectivity index (χ2n) is 12.9. The quantitative estimate of drug-likeness (QED) is 0.0911. The number of benzene rings is 3. The molecule has 3 aromatic carbocycles. The molecule has 0 bridgehead atoms. The lowest BCUT2D eigenvalue weighted by atomic mass is 9.85. The molecule has 0 radical (unpaired) electrons. The Hall–Kier alpha value is -5.09. The summed E-state index contributed by atoms with van der Waals surface area (Å²) in [5.74, 6) is -12.2. The van der Waals surface area contributed by atoms with Gasteiger partial charge in [0, 0.05) is 24.0 Å². The first-order valence-corrected chi connectivity index (χ1v) is 18.2. The summed E-state index contributed by atoms with van der Waals surface area (Å²) in [6.07, 6.45) is 7.28. The maximum atomic E-state index is 14.7. The minimum absolute atomic E-state index is 0.0651. The average molecular weight is 738 g/mol. The maximum absolute atomic E-state index is 14.7. The summed E-state index contributed by atoms with van der Waals surface area (Å²) in [5.41, 5.74) is 3.48. The van der Waals surface area contributed by atoms with Crippen molar-refractivity contribution in [3.63, 3.8) is 0 Å². The standard InChI is InChI=1S/C36H32F5N7O3S/c37-29-30(38)32(40)34(33(41)31(29)39)52(50,51)48-18-17-28(48)36(49)46(21-26-14-11-25(19-42-26)23-9-5-2-6-10-23)27-15-12-24(13-16-27)35-43-44-45-47(35)20-22-7-3-1-4-8-22/h1,3-4,7-8,11-16,19,23,28H,2,5-6,9-10,17-18,20-21H2. The Kier molecular flexibility index (Phi) is 9.85. The third-order valence-electron chi connectivity index (χ3n) is 9.65. The van der Waals surface area contributed by atoms with Crippen molar-refractivity contribution >= 4 is 21.6 Å². The normalized spacial score (nSPS) is 16.8. The molecule has 1 saturated carbocycles. The maximum Gasteiger partial charge on any atom is 0.249 e. The van der Waals surface area contributed by atoms with E-state index in [0.29, 0.717) is 39.5 Å². The molecule has 2 aliphatic rings. The average Bonchev–Trinajstić information content (AvgIpc) is 3.60. The van der Waals surface area contributed by atoms with Gasteiger partial charge in [0.05, 0.1) is 18.8 Å². The number of carbonyl (C=O) groups is 1. The highest BCUT2D eigenvalue weighted by molar-refractivity contribution is 7.89. The summed E-state index contributed by atoms with van der Waals surface area (Å²) >= 11 is 0. The van der Waals surface area contributed by atoms with Gasteiger partial charge < -0.3 is 4.90 Å². The highest BCUT2D eigenvalue weighted by atomic mass is 32.2. The molecule has 270 valence electrons. The van der Waals surface area contributed by atoms with Crippen LogP contribution in [0.3, 0.4) is 0 Å². The number of sulfonamides is 1. The molecule has 0 spiro atoms. The highest BCUT2D eigenvalue weighted by Gasteiger charge is 2.48. The van der Waals surface area contributed by atoms with Crippen LogP contribution in [0.2, 0.25) is 0 Å². The van der Waals surface area contributed by atoms with Gasteiger partial charge in [-0.1, -0.05) is 55.7 Å². The lowest BCUT2D eigenvalue weighted by Gasteiger charge is -2.41. The molecule has 7 rings (SSSR count). The van der Waals surface area contributed by atoms with Gasteiger partial charge in [0.15, 0.2) is 34.0 Å². The number of halogens is 5. The molecule has 1 aliphatic carbocycles. The predicted molar refractivity (Wildman–Crippen MR) is 179 cm³/mol. The Morgan fingerprint density at radius 1 is 0.808 bits per heavy atom. The topological polar surface area (TPSA) is 114 Å². The van der Waals surface area contributed by atoms with Crippen molar-refractivity contribution in [2.24, 2.45) is 0 Å². The first kappa shape index (κ1) is 35.3. The van der Waals surface area contributed by atoms with Crippen molar-refractivity contribution in [3.05, 3.63) is 119 Å². The van der Waals surface area contributed by atoms with Gasteiger partial charge >= 0.3 is 0 Å². The van der Waals surface area contributed by atoms with E-state index in [1.165, 1.54) is 11.3 Å². The number of rotatable bonds is 10. The van der Waals surface area contributed by atoms with Crippen LogP contribution in [0, 0.1) is 29.1 Å². The van der Waals surface area contributed by atoms with Crippen molar-refractivity contribution in [1.82, 2.24) is 29.5 Å². The van der Waals surface area contributed by atoms with Gasteiger partial charge in [-0.2, -0.15) is 4.31 Å². The molecule has 2 fully saturated rings. The number of amides is 1. The lowest BCUT2D eigenvalue weighted by Crippen LogP contribution is -2.59. The zero-order chi connectivity index (χ0) is 36.6. The number of carbonyl (C=O) groups excluding carboxylic acids is 1. The highest BCUT2D eigenvalue weighted by Crippen LogP contribution is 2.36. The van der Waals surface area contributed by atoms with Crippen molar-refractivity contribution in [2.45, 2.75) is 68.5 Å². The molecule has 52 heavy (non-hydrogen) atoms. The summed E-state index contributed by atoms with van der Waals surface area (Å²) in [7, 11) is -5.34. The van der Waals surface area contributed by atoms with E-state index in [4.69, 9.17) is 0 Å². The number of hydrogen-bond acceptors (Lipinski definition) is 7. The molecule has 3 heterocycles. The van der Waals surface area contributed by atoms with Gasteiger partial charge in [-0.3, -0.25) is 9.78 Å². The first-order valence-electron chi connectivity index (χ1n) is 16.7. The second-order valence-corrected chi connectivity index (χ2v) is 14.7. The van der Waals surface area contributed by atoms with Crippen LogP contribution >= 0.6 is 0 Å². The van der Waals surface area contributed by atoms with Gasteiger partial charge in [-0.05, 0) is 77.1 Å². The second kappa shape index (κ2) is 14.5. The van der Waals surface area contributed by atoms with E-state index in [2.05, 4.69) is 20.5 Å². The Balaban J connectivity index is 1.20. The molecule has 1 atom stereocenters. The van der Waals surface area contributed by atoms with Gasteiger partial charge in [0.1, 0.15) is 6.04 Å². The monoisotopic (exact) mass is 737 g/mol. The molecule has 1 aliphatic heterocycles. The fraction of sp³-hybridized carbons (Fsp3) is 0.306. The number of aromatic nitrogens is 5. The van der Waals surface area contributed by atoms with Crippen molar-refractivity contribution < 1.29 is 35.2 Å². The summed E-state index contributed by atoms with van der Waals surface area (Å²) in [6.45, 7) is -0.0989. The SMILES string of the molecule is O=C(C1CCN1S(=O)(=O)c1c(F)c(F)c(F)c(F)c1F)N(Cc1ccc(C2CCCCC2)cn1)c1ccc(-c2nnnn2Cc2ccccc2)cc1. The lowest BCUT2D eigenvalue weighted by molar-refractivity contribution is -0.125. The van der Waals surface area contributed by atoms with Crippen LogP contribution in [0.4, 0.5) is 27.6 Å². The molecule has 0 N–H and O–H groups in total. The van der Waals surface area contributed by atoms with E-state index in [1.54, 1.807) is 41.2 Å². The molecular formula is C36H32F5N7O3S. The molecule has 1 unspecified atom stereocenters. The zero-order valence-electron chi connectivity index (χ0n) is 27.6. The fourth-order valence-corrected chi connectivity index (χ4v) is 8.48. The summed E-state index contributed by atoms with van der Waals surface area (Å²) in [4.78, 5) is 18.1. The largest absolute Gasteiger partial charge is 0.305 e. The smallest absolute Gasteiger partial charge is 0.249 e. The van der Waals surface area contributed by atoms with Crippen molar-refractivity contribution in [1.29, 1.82) is 0 Å². The van der Waals surface area contributed by atoms with E-state index in [0.717, 1.165) is 36.8 Å². The van der Waals surface area contributed by atoms with Crippen LogP contribution in [0.5, 0.6) is 0 Å². The molecule has 1 saturated heterocycles. The Labute approximate surface area is 296 Å². The molecule has 1 amide bonds. The molecule has 2 aromatic heterocycles. The van der Waals surface area contributed by atoms with Crippen LogP contribution in [0.1, 0.15) is 61.3 Å². The van der Waals surface area contributed by atoms with Crippen molar-refractivity contribution in [3.8, 4) is 11.4 Å². The van der Waals surface area contributed by atoms with E-state index in [9.17, 15) is 35.2 Å². The minimum atomic E-state index is -5.34. The van der Waals surface area contributed by atoms with E-state index in [1.807, 2.05) is 36.4 Å². The molecular weight excluding hydrogens is 705 g/mol.